The molecule has 0 saturated carbocycles. The molecule has 1 atom stereocenters. The molecular formula is C18H23ClN2O4. The van der Waals surface area contributed by atoms with Crippen molar-refractivity contribution in [2.45, 2.75) is 32.9 Å². The van der Waals surface area contributed by atoms with E-state index in [0.717, 1.165) is 11.1 Å². The Morgan fingerprint density at radius 3 is 2.64 bits per heavy atom. The molecule has 7 heteroatoms. The number of rotatable bonds is 7. The largest absolute Gasteiger partial charge is 0.467 e. The Hall–Kier alpha value is -2.31. The van der Waals surface area contributed by atoms with Crippen LogP contribution in [-0.4, -0.2) is 18.5 Å². The molecule has 0 fully saturated rings. The van der Waals surface area contributed by atoms with Crippen molar-refractivity contribution in [1.82, 2.24) is 5.32 Å². The summed E-state index contributed by atoms with van der Waals surface area (Å²) >= 11 is 0. The molecule has 1 heterocycles. The van der Waals surface area contributed by atoms with E-state index in [1.54, 1.807) is 13.0 Å². The fourth-order valence-corrected chi connectivity index (χ4v) is 2.45. The highest BCUT2D eigenvalue weighted by molar-refractivity contribution is 5.94. The Morgan fingerprint density at radius 2 is 2.04 bits per heavy atom. The molecule has 1 unspecified atom stereocenters. The van der Waals surface area contributed by atoms with E-state index in [2.05, 4.69) is 5.32 Å². The first-order chi connectivity index (χ1) is 11.5. The van der Waals surface area contributed by atoms with Gasteiger partial charge in [0.05, 0.1) is 31.2 Å². The first-order valence-electron chi connectivity index (χ1n) is 7.84. The third-order valence-electron chi connectivity index (χ3n) is 3.66. The maximum Gasteiger partial charge on any atom is 0.308 e. The Balaban J connectivity index is 0.00000312. The zero-order valence-electron chi connectivity index (χ0n) is 14.3. The number of hydrogen-bond donors (Lipinski definition) is 2. The lowest BCUT2D eigenvalue weighted by Crippen LogP contribution is -2.31. The van der Waals surface area contributed by atoms with Gasteiger partial charge in [0.1, 0.15) is 12.0 Å². The van der Waals surface area contributed by atoms with Crippen LogP contribution in [0.1, 0.15) is 46.6 Å². The molecule has 3 N–H and O–H groups in total. The van der Waals surface area contributed by atoms with Gasteiger partial charge in [0.15, 0.2) is 0 Å². The first kappa shape index (κ1) is 20.7. The lowest BCUT2D eigenvalue weighted by molar-refractivity contribution is -0.143. The second-order valence-corrected chi connectivity index (χ2v) is 5.40. The second-order valence-electron chi connectivity index (χ2n) is 5.40. The van der Waals surface area contributed by atoms with Crippen molar-refractivity contribution in [2.75, 3.05) is 6.61 Å². The lowest BCUT2D eigenvalue weighted by Gasteiger charge is -2.20. The normalized spacial score (nSPS) is 11.3. The summed E-state index contributed by atoms with van der Waals surface area (Å²) in [6, 6.07) is 8.72. The van der Waals surface area contributed by atoms with Crippen molar-refractivity contribution in [3.8, 4) is 0 Å². The number of nitrogens with two attached hydrogens (primary N) is 1. The minimum absolute atomic E-state index is 0. The van der Waals surface area contributed by atoms with Crippen LogP contribution in [0.5, 0.6) is 0 Å². The summed E-state index contributed by atoms with van der Waals surface area (Å²) in [5.74, 6) is -0.158. The van der Waals surface area contributed by atoms with Crippen LogP contribution in [0.15, 0.2) is 41.0 Å². The molecule has 2 aromatic rings. The van der Waals surface area contributed by atoms with E-state index in [1.807, 2.05) is 31.2 Å². The van der Waals surface area contributed by atoms with Crippen LogP contribution in [0.4, 0.5) is 0 Å². The number of benzene rings is 1. The molecule has 1 aromatic heterocycles. The summed E-state index contributed by atoms with van der Waals surface area (Å²) in [4.78, 5) is 24.3. The van der Waals surface area contributed by atoms with Crippen molar-refractivity contribution >= 4 is 24.3 Å². The van der Waals surface area contributed by atoms with E-state index in [9.17, 15) is 9.59 Å². The third-order valence-corrected chi connectivity index (χ3v) is 3.66. The topological polar surface area (TPSA) is 94.6 Å². The summed E-state index contributed by atoms with van der Waals surface area (Å²) in [6.45, 7) is 4.20. The number of ether oxygens (including phenoxy) is 1. The zero-order chi connectivity index (χ0) is 17.5. The minimum Gasteiger partial charge on any atom is -0.467 e. The van der Waals surface area contributed by atoms with Gasteiger partial charge >= 0.3 is 5.97 Å². The van der Waals surface area contributed by atoms with Crippen molar-refractivity contribution in [1.29, 1.82) is 0 Å². The van der Waals surface area contributed by atoms with Gasteiger partial charge in [0.25, 0.3) is 5.91 Å². The van der Waals surface area contributed by atoms with Crippen LogP contribution in [0.2, 0.25) is 0 Å². The zero-order valence-corrected chi connectivity index (χ0v) is 15.1. The molecule has 1 aromatic carbocycles. The summed E-state index contributed by atoms with van der Waals surface area (Å²) in [6.07, 6.45) is 1.42. The predicted octanol–water partition coefficient (Wildman–Crippen LogP) is 2.89. The van der Waals surface area contributed by atoms with Gasteiger partial charge in [-0.15, -0.1) is 12.4 Å². The number of amides is 1. The number of aryl methyl sites for hydroxylation is 1. The van der Waals surface area contributed by atoms with Crippen LogP contribution in [0.3, 0.4) is 0 Å². The van der Waals surface area contributed by atoms with Crippen molar-refractivity contribution < 1.29 is 18.7 Å². The van der Waals surface area contributed by atoms with Crippen LogP contribution in [0.25, 0.3) is 0 Å². The van der Waals surface area contributed by atoms with Gasteiger partial charge in [-0.2, -0.15) is 0 Å². The maximum atomic E-state index is 12.4. The monoisotopic (exact) mass is 366 g/mol. The van der Waals surface area contributed by atoms with Crippen molar-refractivity contribution in [2.24, 2.45) is 5.73 Å². The van der Waals surface area contributed by atoms with Crippen molar-refractivity contribution in [3.63, 3.8) is 0 Å². The molecule has 0 aliphatic rings. The molecule has 0 aliphatic carbocycles. The number of halogens is 1. The molecular weight excluding hydrogens is 344 g/mol. The molecule has 2 rings (SSSR count). The van der Waals surface area contributed by atoms with E-state index in [0.29, 0.717) is 17.9 Å². The number of carbonyl (C=O) groups is 2. The smallest absolute Gasteiger partial charge is 0.308 e. The quantitative estimate of drug-likeness (QED) is 0.735. The molecule has 6 nitrogen and oxygen atoms in total. The van der Waals surface area contributed by atoms with E-state index in [4.69, 9.17) is 14.9 Å². The Labute approximate surface area is 153 Å². The van der Waals surface area contributed by atoms with Crippen molar-refractivity contribution in [3.05, 3.63) is 59.0 Å². The first-order valence-corrected chi connectivity index (χ1v) is 7.84. The Morgan fingerprint density at radius 1 is 1.32 bits per heavy atom. The summed E-state index contributed by atoms with van der Waals surface area (Å²) in [5.41, 5.74) is 7.73. The number of furan rings is 1. The Bertz CT molecular complexity index is 715. The van der Waals surface area contributed by atoms with Gasteiger partial charge in [0.2, 0.25) is 0 Å². The number of carbonyl (C=O) groups excluding carboxylic acids is 2. The summed E-state index contributed by atoms with van der Waals surface area (Å²) in [7, 11) is 0. The minimum atomic E-state index is -0.478. The maximum absolute atomic E-state index is 12.4. The molecule has 136 valence electrons. The van der Waals surface area contributed by atoms with Crippen LogP contribution < -0.4 is 11.1 Å². The van der Waals surface area contributed by atoms with E-state index in [1.165, 1.54) is 6.26 Å². The molecule has 0 radical (unpaired) electrons. The molecule has 0 saturated heterocycles. The summed E-state index contributed by atoms with van der Waals surface area (Å²) < 4.78 is 10.2. The van der Waals surface area contributed by atoms with E-state index < -0.39 is 6.04 Å². The third kappa shape index (κ3) is 5.62. The molecule has 1 amide bonds. The Kier molecular flexibility index (Phi) is 8.18. The van der Waals surface area contributed by atoms with Crippen LogP contribution in [-0.2, 0) is 16.1 Å². The highest BCUT2D eigenvalue weighted by atomic mass is 35.5. The van der Waals surface area contributed by atoms with Crippen LogP contribution in [0, 0.1) is 6.92 Å². The standard InChI is InChI=1S/C18H22N2O4.ClH/c1-3-23-17(21)9-16(15-7-5-4-6-12(15)2)20-18(22)13-8-14(10-19)24-11-13;/h4-8,11,16H,3,9-10,19H2,1-2H3,(H,20,22);1H. The van der Waals surface area contributed by atoms with Gasteiger partial charge in [-0.1, -0.05) is 24.3 Å². The molecule has 25 heavy (non-hydrogen) atoms. The predicted molar refractivity (Wildman–Crippen MR) is 96.5 cm³/mol. The number of esters is 1. The number of nitrogens with one attached hydrogen (secondary N) is 1. The molecule has 0 aliphatic heterocycles. The van der Waals surface area contributed by atoms with Gasteiger partial charge in [-0.05, 0) is 31.0 Å². The fourth-order valence-electron chi connectivity index (χ4n) is 2.45. The van der Waals surface area contributed by atoms with Gasteiger partial charge in [-0.3, -0.25) is 9.59 Å². The highest BCUT2D eigenvalue weighted by Crippen LogP contribution is 2.22. The second kappa shape index (κ2) is 9.86. The average molecular weight is 367 g/mol. The average Bonchev–Trinajstić information content (AvgIpc) is 3.04. The SMILES string of the molecule is CCOC(=O)CC(NC(=O)c1coc(CN)c1)c1ccccc1C.Cl. The molecule has 0 spiro atoms. The molecule has 0 bridgehead atoms. The highest BCUT2D eigenvalue weighted by Gasteiger charge is 2.22. The lowest BCUT2D eigenvalue weighted by atomic mass is 9.98. The van der Waals surface area contributed by atoms with Gasteiger partial charge < -0.3 is 20.2 Å². The number of hydrogen-bond acceptors (Lipinski definition) is 5. The van der Waals surface area contributed by atoms with Crippen LogP contribution >= 0.6 is 12.4 Å². The van der Waals surface area contributed by atoms with E-state index >= 15 is 0 Å². The summed E-state index contributed by atoms with van der Waals surface area (Å²) in [5, 5.41) is 2.88. The fraction of sp³-hybridized carbons (Fsp3) is 0.333. The van der Waals surface area contributed by atoms with E-state index in [-0.39, 0.29) is 37.2 Å². The van der Waals surface area contributed by atoms with Gasteiger partial charge in [0, 0.05) is 0 Å². The van der Waals surface area contributed by atoms with Gasteiger partial charge in [-0.25, -0.2) is 0 Å².